The van der Waals surface area contributed by atoms with Crippen LogP contribution in [0.1, 0.15) is 0 Å². The van der Waals surface area contributed by atoms with Crippen molar-refractivity contribution >= 4 is 70.3 Å². The normalized spacial score (nSPS) is 12.6. The molecule has 0 heterocycles. The molecule has 0 unspecified atom stereocenters. The summed E-state index contributed by atoms with van der Waals surface area (Å²) in [4.78, 5) is 0. The fourth-order valence-electron chi connectivity index (χ4n) is 5.31. The summed E-state index contributed by atoms with van der Waals surface area (Å²) in [5, 5.41) is 15.7. The van der Waals surface area contributed by atoms with E-state index in [1.54, 1.807) is 0 Å². The first kappa shape index (κ1) is 13.6. The van der Waals surface area contributed by atoms with Crippen molar-refractivity contribution in [3.05, 3.63) is 78.9 Å². The van der Waals surface area contributed by atoms with E-state index in [4.69, 9.17) is 5.73 Å². The third kappa shape index (κ3) is 1.41. The predicted octanol–water partition coefficient (Wildman–Crippen LogP) is 7.06. The largest absolute Gasteiger partial charge is 0.398 e. The monoisotopic (exact) mass is 341 g/mol. The number of nitrogen functional groups attached to an aromatic ring is 1. The van der Waals surface area contributed by atoms with Crippen LogP contribution >= 0.6 is 0 Å². The molecule has 2 N–H and O–H groups in total. The number of fused-ring (bicyclic) bond motifs is 8. The zero-order valence-corrected chi connectivity index (χ0v) is 14.6. The molecule has 1 nitrogen and oxygen atoms in total. The van der Waals surface area contributed by atoms with Crippen molar-refractivity contribution in [2.24, 2.45) is 0 Å². The zero-order chi connectivity index (χ0) is 17.7. The topological polar surface area (TPSA) is 26.0 Å². The standard InChI is InChI=1S/C26H15N/c27-21-13-12-19-15-7-1-3-8-16(15)22-20-11-5-10-17-14-6-2-4-9-18(14)24(23(17)20)26(21)25(19)22/h1-13H,27H2. The van der Waals surface area contributed by atoms with Crippen molar-refractivity contribution in [3.8, 4) is 0 Å². The Hall–Kier alpha value is -3.58. The van der Waals surface area contributed by atoms with Crippen LogP contribution in [0.2, 0.25) is 0 Å². The predicted molar refractivity (Wildman–Crippen MR) is 118 cm³/mol. The van der Waals surface area contributed by atoms with E-state index in [9.17, 15) is 0 Å². The summed E-state index contributed by atoms with van der Waals surface area (Å²) in [6, 6.07) is 28.5. The molecule has 7 aromatic rings. The van der Waals surface area contributed by atoms with E-state index in [-0.39, 0.29) is 0 Å². The van der Waals surface area contributed by atoms with Crippen molar-refractivity contribution in [2.45, 2.75) is 0 Å². The second-order valence-corrected chi connectivity index (χ2v) is 7.52. The maximum atomic E-state index is 6.60. The van der Waals surface area contributed by atoms with Gasteiger partial charge in [0.1, 0.15) is 0 Å². The SMILES string of the molecule is Nc1ccc2c3ccccc3c3c4cccc5c6ccccc6c(c1c23)c54. The lowest BCUT2D eigenvalue weighted by molar-refractivity contribution is 1.83. The van der Waals surface area contributed by atoms with E-state index in [1.165, 1.54) is 64.6 Å². The van der Waals surface area contributed by atoms with Crippen molar-refractivity contribution in [1.82, 2.24) is 0 Å². The summed E-state index contributed by atoms with van der Waals surface area (Å²) in [6.45, 7) is 0. The quantitative estimate of drug-likeness (QED) is 0.232. The molecule has 0 aromatic heterocycles. The molecule has 27 heavy (non-hydrogen) atoms. The van der Waals surface area contributed by atoms with Crippen LogP contribution in [0.25, 0.3) is 64.6 Å². The molecule has 0 atom stereocenters. The van der Waals surface area contributed by atoms with Gasteiger partial charge in [0, 0.05) is 21.8 Å². The molecule has 0 spiro atoms. The summed E-state index contributed by atoms with van der Waals surface area (Å²) < 4.78 is 0. The Morgan fingerprint density at radius 3 is 1.41 bits per heavy atom. The van der Waals surface area contributed by atoms with Gasteiger partial charge < -0.3 is 5.73 Å². The molecule has 0 saturated carbocycles. The fourth-order valence-corrected chi connectivity index (χ4v) is 5.31. The Kier molecular flexibility index (Phi) is 2.21. The molecule has 124 valence electrons. The highest BCUT2D eigenvalue weighted by atomic mass is 14.6. The van der Waals surface area contributed by atoms with Gasteiger partial charge in [0.25, 0.3) is 0 Å². The average molecular weight is 341 g/mol. The molecule has 0 aliphatic rings. The van der Waals surface area contributed by atoms with Gasteiger partial charge in [0.05, 0.1) is 0 Å². The third-order valence-corrected chi connectivity index (χ3v) is 6.29. The second kappa shape index (κ2) is 4.39. The van der Waals surface area contributed by atoms with Gasteiger partial charge in [-0.3, -0.25) is 0 Å². The smallest absolute Gasteiger partial charge is 0.0400 e. The summed E-state index contributed by atoms with van der Waals surface area (Å²) in [5.41, 5.74) is 7.47. The van der Waals surface area contributed by atoms with E-state index in [0.29, 0.717) is 0 Å². The molecule has 7 aromatic carbocycles. The van der Waals surface area contributed by atoms with E-state index in [1.807, 2.05) is 0 Å². The van der Waals surface area contributed by atoms with E-state index in [2.05, 4.69) is 78.9 Å². The molecule has 0 bridgehead atoms. The van der Waals surface area contributed by atoms with Gasteiger partial charge in [-0.1, -0.05) is 72.8 Å². The lowest BCUT2D eigenvalue weighted by atomic mass is 9.94. The highest BCUT2D eigenvalue weighted by molar-refractivity contribution is 6.48. The van der Waals surface area contributed by atoms with Crippen molar-refractivity contribution in [2.75, 3.05) is 5.73 Å². The summed E-state index contributed by atoms with van der Waals surface area (Å²) in [7, 11) is 0. The number of nitrogens with two attached hydrogens (primary N) is 1. The Morgan fingerprint density at radius 1 is 0.333 bits per heavy atom. The van der Waals surface area contributed by atoms with Crippen LogP contribution < -0.4 is 5.73 Å². The van der Waals surface area contributed by atoms with Crippen molar-refractivity contribution in [1.29, 1.82) is 0 Å². The van der Waals surface area contributed by atoms with Crippen molar-refractivity contribution in [3.63, 3.8) is 0 Å². The molecule has 0 fully saturated rings. The Bertz CT molecular complexity index is 1670. The molecule has 0 radical (unpaired) electrons. The van der Waals surface area contributed by atoms with Gasteiger partial charge in [-0.25, -0.2) is 0 Å². The Labute approximate surface area is 155 Å². The van der Waals surface area contributed by atoms with Gasteiger partial charge in [0.15, 0.2) is 0 Å². The van der Waals surface area contributed by atoms with Crippen LogP contribution in [-0.4, -0.2) is 0 Å². The van der Waals surface area contributed by atoms with Gasteiger partial charge in [-0.2, -0.15) is 0 Å². The maximum absolute atomic E-state index is 6.60. The average Bonchev–Trinajstić information content (AvgIpc) is 3.22. The summed E-state index contributed by atoms with van der Waals surface area (Å²) in [6.07, 6.45) is 0. The number of hydrogen-bond donors (Lipinski definition) is 1. The number of benzene rings is 5. The number of hydrogen-bond acceptors (Lipinski definition) is 1. The first-order chi connectivity index (χ1) is 13.3. The highest BCUT2D eigenvalue weighted by Crippen LogP contribution is 2.51. The van der Waals surface area contributed by atoms with Gasteiger partial charge in [-0.15, -0.1) is 0 Å². The molecule has 0 aliphatic heterocycles. The maximum Gasteiger partial charge on any atom is 0.0400 e. The van der Waals surface area contributed by atoms with E-state index < -0.39 is 0 Å². The summed E-state index contributed by atoms with van der Waals surface area (Å²) >= 11 is 0. The highest BCUT2D eigenvalue weighted by Gasteiger charge is 2.22. The molecule has 0 saturated heterocycles. The van der Waals surface area contributed by atoms with Gasteiger partial charge in [0.2, 0.25) is 0 Å². The van der Waals surface area contributed by atoms with Crippen LogP contribution in [0, 0.1) is 0 Å². The molecule has 1 heteroatoms. The zero-order valence-electron chi connectivity index (χ0n) is 14.6. The minimum absolute atomic E-state index is 0.867. The van der Waals surface area contributed by atoms with Crippen LogP contribution in [-0.2, 0) is 0 Å². The molecule has 0 aliphatic carbocycles. The Balaban J connectivity index is 2.03. The van der Waals surface area contributed by atoms with E-state index in [0.717, 1.165) is 5.69 Å². The number of anilines is 1. The minimum Gasteiger partial charge on any atom is -0.398 e. The minimum atomic E-state index is 0.867. The number of rotatable bonds is 0. The Morgan fingerprint density at radius 2 is 0.778 bits per heavy atom. The molecule has 7 rings (SSSR count). The third-order valence-electron chi connectivity index (χ3n) is 6.29. The van der Waals surface area contributed by atoms with Crippen LogP contribution in [0.4, 0.5) is 5.69 Å². The van der Waals surface area contributed by atoms with E-state index >= 15 is 0 Å². The molecular weight excluding hydrogens is 326 g/mol. The lowest BCUT2D eigenvalue weighted by Gasteiger charge is -2.09. The van der Waals surface area contributed by atoms with Crippen molar-refractivity contribution < 1.29 is 0 Å². The van der Waals surface area contributed by atoms with Gasteiger partial charge >= 0.3 is 0 Å². The second-order valence-electron chi connectivity index (χ2n) is 7.52. The lowest BCUT2D eigenvalue weighted by Crippen LogP contribution is -1.88. The van der Waals surface area contributed by atoms with Crippen LogP contribution in [0.3, 0.4) is 0 Å². The van der Waals surface area contributed by atoms with Gasteiger partial charge in [-0.05, 0) is 54.5 Å². The first-order valence-electron chi connectivity index (χ1n) is 9.35. The molecule has 0 amide bonds. The first-order valence-corrected chi connectivity index (χ1v) is 9.35. The summed E-state index contributed by atoms with van der Waals surface area (Å²) in [5.74, 6) is 0. The van der Waals surface area contributed by atoms with Crippen LogP contribution in [0.5, 0.6) is 0 Å². The fraction of sp³-hybridized carbons (Fsp3) is 0. The van der Waals surface area contributed by atoms with Crippen LogP contribution in [0.15, 0.2) is 78.9 Å². The molecular formula is C26H15N.